The maximum absolute atomic E-state index is 12.1. The van der Waals surface area contributed by atoms with Gasteiger partial charge >= 0.3 is 5.97 Å². The van der Waals surface area contributed by atoms with Crippen molar-refractivity contribution < 1.29 is 14.7 Å². The summed E-state index contributed by atoms with van der Waals surface area (Å²) in [5.41, 5.74) is 0. The van der Waals surface area contributed by atoms with Gasteiger partial charge in [-0.1, -0.05) is 32.6 Å². The maximum Gasteiger partial charge on any atom is 0.320 e. The highest BCUT2D eigenvalue weighted by atomic mass is 16.4. The molecule has 1 rings (SSSR count). The fourth-order valence-electron chi connectivity index (χ4n) is 2.74. The minimum Gasteiger partial charge on any atom is -0.480 e. The van der Waals surface area contributed by atoms with E-state index in [0.717, 1.165) is 38.5 Å². The Hall–Kier alpha value is -1.10. The lowest BCUT2D eigenvalue weighted by Crippen LogP contribution is -2.52. The van der Waals surface area contributed by atoms with Crippen molar-refractivity contribution in [2.24, 2.45) is 0 Å². The molecule has 0 bridgehead atoms. The van der Waals surface area contributed by atoms with Gasteiger partial charge in [-0.3, -0.25) is 14.5 Å². The molecule has 116 valence electrons. The summed E-state index contributed by atoms with van der Waals surface area (Å²) in [4.78, 5) is 25.4. The summed E-state index contributed by atoms with van der Waals surface area (Å²) in [5, 5.41) is 12.3. The Balaban J connectivity index is 2.54. The van der Waals surface area contributed by atoms with E-state index in [1.807, 2.05) is 11.8 Å². The van der Waals surface area contributed by atoms with Gasteiger partial charge in [0.25, 0.3) is 0 Å². The second kappa shape index (κ2) is 8.95. The van der Waals surface area contributed by atoms with Gasteiger partial charge in [0.05, 0.1) is 6.04 Å². The third-order valence-electron chi connectivity index (χ3n) is 4.04. The Labute approximate surface area is 121 Å². The van der Waals surface area contributed by atoms with E-state index in [9.17, 15) is 14.7 Å². The van der Waals surface area contributed by atoms with E-state index in [-0.39, 0.29) is 11.9 Å². The molecule has 2 N–H and O–H groups in total. The smallest absolute Gasteiger partial charge is 0.320 e. The van der Waals surface area contributed by atoms with Crippen LogP contribution in [0.1, 0.15) is 58.8 Å². The van der Waals surface area contributed by atoms with E-state index in [4.69, 9.17) is 0 Å². The van der Waals surface area contributed by atoms with Crippen molar-refractivity contribution in [1.82, 2.24) is 10.2 Å². The molecule has 1 heterocycles. The number of likely N-dealkylation sites (tertiary alicyclic amines) is 1. The van der Waals surface area contributed by atoms with Crippen LogP contribution >= 0.6 is 0 Å². The zero-order valence-electron chi connectivity index (χ0n) is 12.7. The first-order valence-electron chi connectivity index (χ1n) is 7.84. The molecule has 0 aromatic heterocycles. The molecule has 1 saturated heterocycles. The van der Waals surface area contributed by atoms with Gasteiger partial charge in [-0.15, -0.1) is 0 Å². The minimum absolute atomic E-state index is 0.0470. The number of aliphatic carboxylic acids is 1. The first kappa shape index (κ1) is 17.0. The molecule has 0 aromatic carbocycles. The van der Waals surface area contributed by atoms with Crippen LogP contribution in [0.2, 0.25) is 0 Å². The standard InChI is InChI=1S/C15H28N2O3/c1-3-4-7-10-16-14(18)12(2)17-11-8-5-6-9-13(17)15(19)20/h12-13H,3-11H2,1-2H3,(H,16,18)(H,19,20). The van der Waals surface area contributed by atoms with Gasteiger partial charge < -0.3 is 10.4 Å². The number of nitrogens with one attached hydrogen (secondary N) is 1. The quantitative estimate of drug-likeness (QED) is 0.702. The van der Waals surface area contributed by atoms with E-state index in [1.165, 1.54) is 0 Å². The van der Waals surface area contributed by atoms with Crippen LogP contribution in [-0.4, -0.2) is 47.1 Å². The second-order valence-electron chi connectivity index (χ2n) is 5.62. The lowest BCUT2D eigenvalue weighted by atomic mass is 10.1. The third-order valence-corrected chi connectivity index (χ3v) is 4.04. The molecule has 0 saturated carbocycles. The summed E-state index contributed by atoms with van der Waals surface area (Å²) < 4.78 is 0. The van der Waals surface area contributed by atoms with Crippen molar-refractivity contribution in [3.05, 3.63) is 0 Å². The predicted octanol–water partition coefficient (Wildman–Crippen LogP) is 2.01. The summed E-state index contributed by atoms with van der Waals surface area (Å²) in [6.07, 6.45) is 6.80. The third kappa shape index (κ3) is 5.12. The summed E-state index contributed by atoms with van der Waals surface area (Å²) in [5.74, 6) is -0.855. The zero-order chi connectivity index (χ0) is 15.0. The molecule has 1 aliphatic rings. The van der Waals surface area contributed by atoms with Gasteiger partial charge in [-0.25, -0.2) is 0 Å². The highest BCUT2D eigenvalue weighted by Gasteiger charge is 2.33. The molecule has 5 nitrogen and oxygen atoms in total. The number of nitrogens with zero attached hydrogens (tertiary/aromatic N) is 1. The van der Waals surface area contributed by atoms with Crippen molar-refractivity contribution in [2.45, 2.75) is 70.9 Å². The van der Waals surface area contributed by atoms with Crippen molar-refractivity contribution in [3.8, 4) is 0 Å². The average molecular weight is 284 g/mol. The lowest BCUT2D eigenvalue weighted by Gasteiger charge is -2.31. The number of carboxylic acid groups (broad SMARTS) is 1. The number of hydrogen-bond donors (Lipinski definition) is 2. The first-order chi connectivity index (χ1) is 9.57. The molecule has 0 radical (unpaired) electrons. The molecule has 1 fully saturated rings. The summed E-state index contributed by atoms with van der Waals surface area (Å²) in [7, 11) is 0. The molecule has 2 atom stereocenters. The monoisotopic (exact) mass is 284 g/mol. The average Bonchev–Trinajstić information content (AvgIpc) is 2.68. The Morgan fingerprint density at radius 1 is 1.30 bits per heavy atom. The van der Waals surface area contributed by atoms with Crippen LogP contribution in [-0.2, 0) is 9.59 Å². The van der Waals surface area contributed by atoms with Crippen LogP contribution in [0, 0.1) is 0 Å². The fraction of sp³-hybridized carbons (Fsp3) is 0.867. The van der Waals surface area contributed by atoms with Crippen molar-refractivity contribution in [3.63, 3.8) is 0 Å². The molecular formula is C15H28N2O3. The molecular weight excluding hydrogens is 256 g/mol. The molecule has 0 aliphatic carbocycles. The normalized spacial score (nSPS) is 22.0. The number of carbonyl (C=O) groups excluding carboxylic acids is 1. The zero-order valence-corrected chi connectivity index (χ0v) is 12.7. The van der Waals surface area contributed by atoms with Crippen LogP contribution < -0.4 is 5.32 Å². The Morgan fingerprint density at radius 2 is 2.05 bits per heavy atom. The van der Waals surface area contributed by atoms with Gasteiger partial charge in [-0.2, -0.15) is 0 Å². The van der Waals surface area contributed by atoms with Crippen LogP contribution in [0.4, 0.5) is 0 Å². The van der Waals surface area contributed by atoms with Crippen LogP contribution in [0.25, 0.3) is 0 Å². The second-order valence-corrected chi connectivity index (χ2v) is 5.62. The predicted molar refractivity (Wildman–Crippen MR) is 78.6 cm³/mol. The van der Waals surface area contributed by atoms with Gasteiger partial charge in [0.1, 0.15) is 6.04 Å². The number of rotatable bonds is 7. The Bertz CT molecular complexity index is 320. The Kier molecular flexibility index (Phi) is 7.59. The van der Waals surface area contributed by atoms with E-state index < -0.39 is 12.0 Å². The van der Waals surface area contributed by atoms with Crippen molar-refractivity contribution in [1.29, 1.82) is 0 Å². The topological polar surface area (TPSA) is 69.6 Å². The molecule has 20 heavy (non-hydrogen) atoms. The first-order valence-corrected chi connectivity index (χ1v) is 7.84. The van der Waals surface area contributed by atoms with Gasteiger partial charge in [0, 0.05) is 6.54 Å². The van der Waals surface area contributed by atoms with E-state index in [0.29, 0.717) is 19.5 Å². The number of carbonyl (C=O) groups is 2. The molecule has 5 heteroatoms. The molecule has 2 unspecified atom stereocenters. The summed E-state index contributed by atoms with van der Waals surface area (Å²) in [6, 6.07) is -0.885. The van der Waals surface area contributed by atoms with E-state index in [1.54, 1.807) is 0 Å². The summed E-state index contributed by atoms with van der Waals surface area (Å²) >= 11 is 0. The van der Waals surface area contributed by atoms with Crippen LogP contribution in [0.5, 0.6) is 0 Å². The van der Waals surface area contributed by atoms with Crippen molar-refractivity contribution >= 4 is 11.9 Å². The molecule has 1 aliphatic heterocycles. The minimum atomic E-state index is -0.808. The molecule has 0 aromatic rings. The van der Waals surface area contributed by atoms with Gasteiger partial charge in [0.15, 0.2) is 0 Å². The van der Waals surface area contributed by atoms with E-state index in [2.05, 4.69) is 12.2 Å². The van der Waals surface area contributed by atoms with E-state index >= 15 is 0 Å². The molecule has 0 spiro atoms. The maximum atomic E-state index is 12.1. The van der Waals surface area contributed by atoms with Crippen LogP contribution in [0.3, 0.4) is 0 Å². The fourth-order valence-corrected chi connectivity index (χ4v) is 2.74. The lowest BCUT2D eigenvalue weighted by molar-refractivity contribution is -0.145. The largest absolute Gasteiger partial charge is 0.480 e. The number of amides is 1. The number of carboxylic acids is 1. The molecule has 1 amide bonds. The highest BCUT2D eigenvalue weighted by Crippen LogP contribution is 2.19. The SMILES string of the molecule is CCCCCNC(=O)C(C)N1CCCCCC1C(=O)O. The number of unbranched alkanes of at least 4 members (excludes halogenated alkanes) is 2. The summed E-state index contributed by atoms with van der Waals surface area (Å²) in [6.45, 7) is 5.32. The van der Waals surface area contributed by atoms with Crippen LogP contribution in [0.15, 0.2) is 0 Å². The van der Waals surface area contributed by atoms with Gasteiger partial charge in [0.2, 0.25) is 5.91 Å². The highest BCUT2D eigenvalue weighted by molar-refractivity contribution is 5.82. The number of hydrogen-bond acceptors (Lipinski definition) is 3. The van der Waals surface area contributed by atoms with Crippen molar-refractivity contribution in [2.75, 3.05) is 13.1 Å². The van der Waals surface area contributed by atoms with Gasteiger partial charge in [-0.05, 0) is 32.7 Å². The Morgan fingerprint density at radius 3 is 2.70 bits per heavy atom.